The number of methoxy groups -OCH3 is 2. The molecule has 0 unspecified atom stereocenters. The average Bonchev–Trinajstić information content (AvgIpc) is 2.16. The first kappa shape index (κ1) is 11.1. The number of carbonyl (C=O) groups is 1. The molecule has 0 aliphatic heterocycles. The maximum Gasteiger partial charge on any atom is 0.337 e. The average molecular weight is 235 g/mol. The fraction of sp³-hybridized carbons (Fsp3) is 0.222. The molecular weight excluding hydrogens is 227 g/mol. The van der Waals surface area contributed by atoms with Crippen LogP contribution in [0.2, 0.25) is 10.0 Å². The van der Waals surface area contributed by atoms with Crippen LogP contribution in [0.25, 0.3) is 0 Å². The Morgan fingerprint density at radius 1 is 1.21 bits per heavy atom. The van der Waals surface area contributed by atoms with E-state index in [1.165, 1.54) is 26.4 Å². The van der Waals surface area contributed by atoms with Crippen molar-refractivity contribution in [1.29, 1.82) is 0 Å². The molecule has 0 aromatic heterocycles. The predicted octanol–water partition coefficient (Wildman–Crippen LogP) is 2.79. The van der Waals surface area contributed by atoms with Crippen molar-refractivity contribution in [3.05, 3.63) is 27.7 Å². The number of carbonyl (C=O) groups excluding carboxylic acids is 1. The highest BCUT2D eigenvalue weighted by Gasteiger charge is 2.13. The SMILES string of the molecule is COC(=O)c1cc(Cl)c(OC)c(Cl)c1. The first-order valence-corrected chi connectivity index (χ1v) is 4.47. The van der Waals surface area contributed by atoms with Gasteiger partial charge < -0.3 is 9.47 Å². The van der Waals surface area contributed by atoms with Gasteiger partial charge in [-0.3, -0.25) is 0 Å². The maximum atomic E-state index is 11.1. The number of esters is 1. The number of halogens is 2. The highest BCUT2D eigenvalue weighted by atomic mass is 35.5. The van der Waals surface area contributed by atoms with Crippen LogP contribution in [-0.4, -0.2) is 20.2 Å². The lowest BCUT2D eigenvalue weighted by Gasteiger charge is -2.07. The smallest absolute Gasteiger partial charge is 0.337 e. The van der Waals surface area contributed by atoms with Crippen LogP contribution in [0.5, 0.6) is 5.75 Å². The normalized spacial score (nSPS) is 9.71. The van der Waals surface area contributed by atoms with E-state index in [1.54, 1.807) is 0 Å². The van der Waals surface area contributed by atoms with Gasteiger partial charge in [0.2, 0.25) is 0 Å². The van der Waals surface area contributed by atoms with Crippen LogP contribution in [0, 0.1) is 0 Å². The monoisotopic (exact) mass is 234 g/mol. The summed E-state index contributed by atoms with van der Waals surface area (Å²) in [5.41, 5.74) is 0.295. The third-order valence-corrected chi connectivity index (χ3v) is 2.19. The van der Waals surface area contributed by atoms with Crippen LogP contribution >= 0.6 is 23.2 Å². The Morgan fingerprint density at radius 3 is 2.07 bits per heavy atom. The van der Waals surface area contributed by atoms with Crippen molar-refractivity contribution in [3.8, 4) is 5.75 Å². The third kappa shape index (κ3) is 2.11. The Labute approximate surface area is 91.5 Å². The molecule has 0 aliphatic carbocycles. The predicted molar refractivity (Wildman–Crippen MR) is 54.4 cm³/mol. The van der Waals surface area contributed by atoms with E-state index in [9.17, 15) is 4.79 Å². The molecule has 0 amide bonds. The second-order valence-electron chi connectivity index (χ2n) is 2.46. The minimum atomic E-state index is -0.489. The van der Waals surface area contributed by atoms with Crippen molar-refractivity contribution in [2.24, 2.45) is 0 Å². The molecule has 0 heterocycles. The van der Waals surface area contributed by atoms with E-state index in [0.29, 0.717) is 11.3 Å². The second kappa shape index (κ2) is 4.53. The fourth-order valence-corrected chi connectivity index (χ4v) is 1.63. The van der Waals surface area contributed by atoms with E-state index in [1.807, 2.05) is 0 Å². The fourth-order valence-electron chi connectivity index (χ4n) is 0.991. The molecule has 0 spiro atoms. The summed E-state index contributed by atoms with van der Waals surface area (Å²) in [7, 11) is 2.74. The molecule has 0 aliphatic rings. The quantitative estimate of drug-likeness (QED) is 0.739. The zero-order chi connectivity index (χ0) is 10.7. The molecule has 3 nitrogen and oxygen atoms in total. The lowest BCUT2D eigenvalue weighted by atomic mass is 10.2. The van der Waals surface area contributed by atoms with Gasteiger partial charge in [-0.05, 0) is 12.1 Å². The number of hydrogen-bond acceptors (Lipinski definition) is 3. The molecule has 0 radical (unpaired) electrons. The van der Waals surface area contributed by atoms with E-state index >= 15 is 0 Å². The van der Waals surface area contributed by atoms with Gasteiger partial charge in [-0.2, -0.15) is 0 Å². The highest BCUT2D eigenvalue weighted by molar-refractivity contribution is 6.37. The van der Waals surface area contributed by atoms with Crippen LogP contribution in [0.4, 0.5) is 0 Å². The Hall–Kier alpha value is -0.930. The van der Waals surface area contributed by atoms with E-state index in [2.05, 4.69) is 4.74 Å². The zero-order valence-corrected chi connectivity index (χ0v) is 9.15. The Bertz CT molecular complexity index is 340. The van der Waals surface area contributed by atoms with Crippen molar-refractivity contribution >= 4 is 29.2 Å². The summed E-state index contributed by atoms with van der Waals surface area (Å²) < 4.78 is 9.45. The van der Waals surface area contributed by atoms with Crippen molar-refractivity contribution < 1.29 is 14.3 Å². The number of benzene rings is 1. The molecule has 0 bridgehead atoms. The molecule has 1 rings (SSSR count). The molecule has 0 saturated carbocycles. The van der Waals surface area contributed by atoms with Crippen LogP contribution in [-0.2, 0) is 4.74 Å². The van der Waals surface area contributed by atoms with Crippen molar-refractivity contribution in [3.63, 3.8) is 0 Å². The molecular formula is C9H8Cl2O3. The van der Waals surface area contributed by atoms with Crippen LogP contribution in [0.1, 0.15) is 10.4 Å². The third-order valence-electron chi connectivity index (χ3n) is 1.62. The lowest BCUT2D eigenvalue weighted by Crippen LogP contribution is -2.01. The standard InChI is InChI=1S/C9H8Cl2O3/c1-13-8-6(10)3-5(4-7(8)11)9(12)14-2/h3-4H,1-2H3. The summed E-state index contributed by atoms with van der Waals surface area (Å²) in [5, 5.41) is 0.556. The minimum absolute atomic E-state index is 0.278. The van der Waals surface area contributed by atoms with E-state index in [4.69, 9.17) is 27.9 Å². The molecule has 76 valence electrons. The van der Waals surface area contributed by atoms with Gasteiger partial charge in [0.05, 0.1) is 29.8 Å². The first-order chi connectivity index (χ1) is 6.60. The van der Waals surface area contributed by atoms with Gasteiger partial charge in [-0.25, -0.2) is 4.79 Å². The van der Waals surface area contributed by atoms with Crippen LogP contribution in [0.3, 0.4) is 0 Å². The first-order valence-electron chi connectivity index (χ1n) is 3.71. The number of rotatable bonds is 2. The minimum Gasteiger partial charge on any atom is -0.494 e. The van der Waals surface area contributed by atoms with Gasteiger partial charge in [-0.1, -0.05) is 23.2 Å². The van der Waals surface area contributed by atoms with E-state index in [0.717, 1.165) is 0 Å². The van der Waals surface area contributed by atoms with Crippen LogP contribution in [0.15, 0.2) is 12.1 Å². The van der Waals surface area contributed by atoms with Crippen molar-refractivity contribution in [2.45, 2.75) is 0 Å². The maximum absolute atomic E-state index is 11.1. The van der Waals surface area contributed by atoms with E-state index < -0.39 is 5.97 Å². The van der Waals surface area contributed by atoms with Crippen molar-refractivity contribution in [1.82, 2.24) is 0 Å². The molecule has 14 heavy (non-hydrogen) atoms. The molecule has 5 heteroatoms. The largest absolute Gasteiger partial charge is 0.494 e. The summed E-state index contributed by atoms with van der Waals surface area (Å²) in [4.78, 5) is 11.1. The second-order valence-corrected chi connectivity index (χ2v) is 3.28. The summed E-state index contributed by atoms with van der Waals surface area (Å²) in [5.74, 6) is -0.141. The number of hydrogen-bond donors (Lipinski definition) is 0. The highest BCUT2D eigenvalue weighted by Crippen LogP contribution is 2.33. The van der Waals surface area contributed by atoms with Crippen LogP contribution < -0.4 is 4.74 Å². The lowest BCUT2D eigenvalue weighted by molar-refractivity contribution is 0.0600. The van der Waals surface area contributed by atoms with Gasteiger partial charge in [0, 0.05) is 0 Å². The summed E-state index contributed by atoms with van der Waals surface area (Å²) in [6, 6.07) is 2.89. The molecule has 1 aromatic rings. The van der Waals surface area contributed by atoms with Gasteiger partial charge in [0.15, 0.2) is 5.75 Å². The van der Waals surface area contributed by atoms with Gasteiger partial charge in [-0.15, -0.1) is 0 Å². The molecule has 0 saturated heterocycles. The Kier molecular flexibility index (Phi) is 3.61. The summed E-state index contributed by atoms with van der Waals surface area (Å²) in [6.07, 6.45) is 0. The zero-order valence-electron chi connectivity index (χ0n) is 7.64. The summed E-state index contributed by atoms with van der Waals surface area (Å²) in [6.45, 7) is 0. The Morgan fingerprint density at radius 2 is 1.71 bits per heavy atom. The molecule has 0 atom stereocenters. The number of ether oxygens (including phenoxy) is 2. The Balaban J connectivity index is 3.20. The van der Waals surface area contributed by atoms with E-state index in [-0.39, 0.29) is 10.0 Å². The topological polar surface area (TPSA) is 35.5 Å². The molecule has 0 N–H and O–H groups in total. The summed E-state index contributed by atoms with van der Waals surface area (Å²) >= 11 is 11.6. The van der Waals surface area contributed by atoms with Gasteiger partial charge in [0.1, 0.15) is 0 Å². The van der Waals surface area contributed by atoms with Gasteiger partial charge >= 0.3 is 5.97 Å². The molecule has 0 fully saturated rings. The van der Waals surface area contributed by atoms with Crippen molar-refractivity contribution in [2.75, 3.05) is 14.2 Å². The van der Waals surface area contributed by atoms with Gasteiger partial charge in [0.25, 0.3) is 0 Å². The molecule has 1 aromatic carbocycles.